The summed E-state index contributed by atoms with van der Waals surface area (Å²) in [6, 6.07) is 8.60. The topological polar surface area (TPSA) is 120 Å². The number of nitrogens with one attached hydrogen (secondary N) is 2. The number of benzene rings is 1. The largest absolute Gasteiger partial charge is 0.405 e. The molecule has 0 fully saturated rings. The number of methoxy groups -OCH3 is 1. The minimum absolute atomic E-state index is 0.0416. The second kappa shape index (κ2) is 15.0. The van der Waals surface area contributed by atoms with E-state index in [1.54, 1.807) is 56.7 Å². The van der Waals surface area contributed by atoms with Gasteiger partial charge in [0.05, 0.1) is 13.2 Å². The van der Waals surface area contributed by atoms with Crippen LogP contribution in [0.5, 0.6) is 0 Å². The Morgan fingerprint density at radius 1 is 1.27 bits per heavy atom. The summed E-state index contributed by atoms with van der Waals surface area (Å²) in [5.74, 6) is -1.33. The van der Waals surface area contributed by atoms with Gasteiger partial charge in [0.1, 0.15) is 21.8 Å². The van der Waals surface area contributed by atoms with Crippen LogP contribution in [0.2, 0.25) is 0 Å². The zero-order chi connectivity index (χ0) is 29.9. The number of nitriles is 1. The Bertz CT molecular complexity index is 1450. The molecule has 0 saturated heterocycles. The predicted molar refractivity (Wildman–Crippen MR) is 147 cm³/mol. The maximum atomic E-state index is 12.8. The number of ether oxygens (including phenoxy) is 1. The summed E-state index contributed by atoms with van der Waals surface area (Å²) in [4.78, 5) is 41.3. The maximum absolute atomic E-state index is 12.8. The third kappa shape index (κ3) is 9.10. The van der Waals surface area contributed by atoms with E-state index in [2.05, 4.69) is 11.0 Å². The molecule has 1 aromatic heterocycles. The van der Waals surface area contributed by atoms with E-state index in [4.69, 9.17) is 4.74 Å². The molecule has 40 heavy (non-hydrogen) atoms. The lowest BCUT2D eigenvalue weighted by Gasteiger charge is -2.24. The van der Waals surface area contributed by atoms with Crippen molar-refractivity contribution in [1.29, 1.82) is 5.26 Å². The van der Waals surface area contributed by atoms with Gasteiger partial charge in [0, 0.05) is 44.8 Å². The van der Waals surface area contributed by atoms with E-state index < -0.39 is 29.8 Å². The molecule has 0 bridgehead atoms. The number of alkyl halides is 3. The minimum Gasteiger partial charge on any atom is -0.383 e. The Morgan fingerprint density at radius 2 is 2.00 bits per heavy atom. The molecule has 216 valence electrons. The van der Waals surface area contributed by atoms with E-state index in [1.807, 2.05) is 11.8 Å². The van der Waals surface area contributed by atoms with Crippen molar-refractivity contribution in [2.45, 2.75) is 26.6 Å². The Hall–Kier alpha value is -3.89. The number of anilines is 2. The molecule has 14 heteroatoms. The molecule has 0 aliphatic heterocycles. The molecule has 0 radical (unpaired) electrons. The molecule has 10 nitrogen and oxygen atoms in total. The maximum Gasteiger partial charge on any atom is 0.405 e. The van der Waals surface area contributed by atoms with Crippen LogP contribution >= 0.6 is 11.3 Å². The summed E-state index contributed by atoms with van der Waals surface area (Å²) in [5.41, 5.74) is 2.85. The number of nitrogens with zero attached hydrogens (tertiary/aromatic N) is 4. The molecule has 0 aliphatic carbocycles. The van der Waals surface area contributed by atoms with E-state index >= 15 is 0 Å². The van der Waals surface area contributed by atoms with Crippen LogP contribution in [-0.4, -0.2) is 74.4 Å². The summed E-state index contributed by atoms with van der Waals surface area (Å²) >= 11 is 0.765. The molecule has 0 saturated carbocycles. The summed E-state index contributed by atoms with van der Waals surface area (Å²) in [7, 11) is 3.27. The van der Waals surface area contributed by atoms with Crippen LogP contribution in [-0.2, 0) is 20.9 Å². The fourth-order valence-electron chi connectivity index (χ4n) is 3.44. The van der Waals surface area contributed by atoms with Gasteiger partial charge in [-0.25, -0.2) is 0 Å². The van der Waals surface area contributed by atoms with Gasteiger partial charge in [0.15, 0.2) is 5.57 Å². The fraction of sp³-hybridized carbons (Fsp3) is 0.423. The molecular formula is C26H31F3N6O4S. The lowest BCUT2D eigenvalue weighted by molar-refractivity contribution is -0.135. The lowest BCUT2D eigenvalue weighted by Crippen LogP contribution is -2.39. The standard InChI is InChI=1S/C26H31F3N6O4S/c1-5-34(12-13-39-4)16-22(36)33(3)19-9-7-8-18(14-19)31-11-10-21-24(38)35(6-2)25(40-21)20(15-30)23(37)32-17-26(27,28)29/h7-9,11,14,31H,5-6,12-13,16-17H2,1-4H3,(H,32,37)/b25-20-. The summed E-state index contributed by atoms with van der Waals surface area (Å²) in [5, 5.41) is 14.0. The Balaban J connectivity index is 2.32. The molecule has 2 amide bonds. The van der Waals surface area contributed by atoms with Gasteiger partial charge in [-0.1, -0.05) is 18.7 Å². The van der Waals surface area contributed by atoms with Crippen molar-refractivity contribution in [3.8, 4) is 6.07 Å². The third-order valence-electron chi connectivity index (χ3n) is 5.67. The Morgan fingerprint density at radius 3 is 2.60 bits per heavy atom. The number of amides is 2. The van der Waals surface area contributed by atoms with E-state index in [0.29, 0.717) is 31.1 Å². The normalized spacial score (nSPS) is 11.9. The zero-order valence-corrected chi connectivity index (χ0v) is 23.4. The highest BCUT2D eigenvalue weighted by Gasteiger charge is 2.29. The summed E-state index contributed by atoms with van der Waals surface area (Å²) < 4.78 is 43.6. The second-order valence-corrected chi connectivity index (χ2v) is 9.37. The lowest BCUT2D eigenvalue weighted by atomic mass is 10.2. The monoisotopic (exact) mass is 580 g/mol. The highest BCUT2D eigenvalue weighted by atomic mass is 32.1. The molecule has 0 spiro atoms. The van der Waals surface area contributed by atoms with Crippen LogP contribution in [0.15, 0.2) is 35.3 Å². The van der Waals surface area contributed by atoms with Crippen LogP contribution in [0.3, 0.4) is 0 Å². The van der Waals surface area contributed by atoms with Gasteiger partial charge in [-0.3, -0.25) is 23.9 Å². The summed E-state index contributed by atoms with van der Waals surface area (Å²) in [6.45, 7) is 4.11. The molecule has 0 atom stereocenters. The third-order valence-corrected chi connectivity index (χ3v) is 6.78. The molecule has 1 aromatic carbocycles. The molecule has 1 heterocycles. The number of halogens is 3. The van der Waals surface area contributed by atoms with Crippen LogP contribution in [0.25, 0.3) is 11.3 Å². The fourth-order valence-corrected chi connectivity index (χ4v) is 4.51. The number of thiazole rings is 1. The number of carbonyl (C=O) groups is 2. The quantitative estimate of drug-likeness (QED) is 0.388. The number of aromatic nitrogens is 1. The highest BCUT2D eigenvalue weighted by molar-refractivity contribution is 7.07. The van der Waals surface area contributed by atoms with Gasteiger partial charge in [-0.15, -0.1) is 11.3 Å². The highest BCUT2D eigenvalue weighted by Crippen LogP contribution is 2.19. The molecular weight excluding hydrogens is 549 g/mol. The van der Waals surface area contributed by atoms with Gasteiger partial charge in [0.2, 0.25) is 5.91 Å². The SMILES string of the molecule is CCN(CCOC)CC(=O)N(C)c1cccc(NC=C=c2s/c(=C(/C#N)C(=O)NCC(F)(F)F)n(CC)c2=O)c1. The molecule has 0 unspecified atom stereocenters. The van der Waals surface area contributed by atoms with E-state index in [1.165, 1.54) is 11.1 Å². The first-order valence-electron chi connectivity index (χ1n) is 12.2. The van der Waals surface area contributed by atoms with Gasteiger partial charge in [0.25, 0.3) is 11.5 Å². The van der Waals surface area contributed by atoms with Gasteiger partial charge >= 0.3 is 6.18 Å². The van der Waals surface area contributed by atoms with Gasteiger partial charge in [-0.2, -0.15) is 18.4 Å². The van der Waals surface area contributed by atoms with E-state index in [0.717, 1.165) is 15.9 Å². The molecule has 0 aliphatic rings. The molecule has 2 aromatic rings. The van der Waals surface area contributed by atoms with Crippen LogP contribution < -0.4 is 30.3 Å². The number of hydrogen-bond acceptors (Lipinski definition) is 8. The van der Waals surface area contributed by atoms with Crippen LogP contribution in [0, 0.1) is 11.3 Å². The summed E-state index contributed by atoms with van der Waals surface area (Å²) in [6.07, 6.45) is -3.29. The van der Waals surface area contributed by atoms with Crippen molar-refractivity contribution in [2.75, 3.05) is 57.2 Å². The van der Waals surface area contributed by atoms with Crippen molar-refractivity contribution in [1.82, 2.24) is 14.8 Å². The van der Waals surface area contributed by atoms with Crippen molar-refractivity contribution < 1.29 is 27.5 Å². The van der Waals surface area contributed by atoms with E-state index in [9.17, 15) is 32.8 Å². The smallest absolute Gasteiger partial charge is 0.383 e. The number of carbonyl (C=O) groups excluding carboxylic acids is 2. The minimum atomic E-state index is -4.65. The Labute approximate surface area is 233 Å². The first-order chi connectivity index (χ1) is 18.9. The number of hydrogen-bond donors (Lipinski definition) is 2. The van der Waals surface area contributed by atoms with Crippen molar-refractivity contribution in [3.05, 3.63) is 50.0 Å². The first kappa shape index (κ1) is 32.3. The van der Waals surface area contributed by atoms with Crippen molar-refractivity contribution in [2.24, 2.45) is 0 Å². The average molecular weight is 581 g/mol. The zero-order valence-electron chi connectivity index (χ0n) is 22.6. The van der Waals surface area contributed by atoms with Gasteiger partial charge < -0.3 is 20.3 Å². The predicted octanol–water partition coefficient (Wildman–Crippen LogP) is 1.22. The molecule has 2 rings (SSSR count). The number of likely N-dealkylation sites (N-methyl/N-ethyl adjacent to an activating group) is 2. The first-order valence-corrected chi connectivity index (χ1v) is 13.1. The molecule has 2 N–H and O–H groups in total. The van der Waals surface area contributed by atoms with Crippen molar-refractivity contribution >= 4 is 45.8 Å². The Kier molecular flexibility index (Phi) is 12.2. The average Bonchev–Trinajstić information content (AvgIpc) is 3.23. The van der Waals surface area contributed by atoms with Crippen LogP contribution in [0.1, 0.15) is 13.8 Å². The second-order valence-electron chi connectivity index (χ2n) is 8.37. The number of rotatable bonds is 12. The van der Waals surface area contributed by atoms with Crippen molar-refractivity contribution in [3.63, 3.8) is 0 Å². The van der Waals surface area contributed by atoms with Gasteiger partial charge in [-0.05, 0) is 31.7 Å². The van der Waals surface area contributed by atoms with E-state index in [-0.39, 0.29) is 28.2 Å². The van der Waals surface area contributed by atoms with Crippen LogP contribution in [0.4, 0.5) is 24.5 Å².